The lowest BCUT2D eigenvalue weighted by Crippen LogP contribution is -2.43. The lowest BCUT2D eigenvalue weighted by Gasteiger charge is -2.28. The molecule has 1 aromatic rings. The summed E-state index contributed by atoms with van der Waals surface area (Å²) in [6.45, 7) is 2.83. The largest absolute Gasteiger partial charge is 0.373 e. The van der Waals surface area contributed by atoms with Gasteiger partial charge in [0.05, 0.1) is 11.4 Å². The Kier molecular flexibility index (Phi) is 4.70. The molecule has 2 aliphatic rings. The molecule has 0 saturated carbocycles. The summed E-state index contributed by atoms with van der Waals surface area (Å²) in [5.41, 5.74) is 2.22. The van der Waals surface area contributed by atoms with Crippen molar-refractivity contribution in [3.05, 3.63) is 24.3 Å². The van der Waals surface area contributed by atoms with Crippen molar-refractivity contribution in [3.63, 3.8) is 0 Å². The van der Waals surface area contributed by atoms with Gasteiger partial charge >= 0.3 is 0 Å². The average molecular weight is 305 g/mol. The van der Waals surface area contributed by atoms with Crippen LogP contribution in [0.1, 0.15) is 12.8 Å². The van der Waals surface area contributed by atoms with Gasteiger partial charge in [0.15, 0.2) is 0 Å². The van der Waals surface area contributed by atoms with E-state index in [1.54, 1.807) is 0 Å². The van der Waals surface area contributed by atoms with E-state index in [-0.39, 0.29) is 5.91 Å². The van der Waals surface area contributed by atoms with E-state index in [2.05, 4.69) is 29.4 Å². The van der Waals surface area contributed by atoms with Gasteiger partial charge in [0.2, 0.25) is 5.91 Å². The second-order valence-electron chi connectivity index (χ2n) is 5.74. The molecule has 0 spiro atoms. The Morgan fingerprint density at radius 1 is 1.33 bits per heavy atom. The summed E-state index contributed by atoms with van der Waals surface area (Å²) in [6, 6.07) is 8.56. The predicted molar refractivity (Wildman–Crippen MR) is 90.4 cm³/mol. The third-order valence-corrected chi connectivity index (χ3v) is 5.31. The third-order valence-electron chi connectivity index (χ3n) is 4.18. The van der Waals surface area contributed by atoms with E-state index in [0.717, 1.165) is 48.9 Å². The number of fused-ring (bicyclic) bond motifs is 1. The van der Waals surface area contributed by atoms with E-state index >= 15 is 0 Å². The van der Waals surface area contributed by atoms with Crippen molar-refractivity contribution in [2.24, 2.45) is 0 Å². The standard InChI is InChI=1S/C16H23N3OS/c1-18-8-4-9-19(15-6-3-2-5-14(15)18)16(20)11-13-12-21-10-7-17-13/h2-3,5-6,13,17H,4,7-12H2,1H3. The number of thioether (sulfide) groups is 1. The zero-order valence-corrected chi connectivity index (χ0v) is 13.4. The maximum Gasteiger partial charge on any atom is 0.228 e. The van der Waals surface area contributed by atoms with Crippen LogP contribution in [0, 0.1) is 0 Å². The van der Waals surface area contributed by atoms with Gasteiger partial charge in [-0.1, -0.05) is 12.1 Å². The second kappa shape index (κ2) is 6.71. The van der Waals surface area contributed by atoms with Crippen molar-refractivity contribution in [1.29, 1.82) is 0 Å². The van der Waals surface area contributed by atoms with Crippen LogP contribution >= 0.6 is 11.8 Å². The van der Waals surface area contributed by atoms with Crippen LogP contribution in [0.3, 0.4) is 0 Å². The minimum Gasteiger partial charge on any atom is -0.373 e. The van der Waals surface area contributed by atoms with E-state index in [4.69, 9.17) is 0 Å². The van der Waals surface area contributed by atoms with Gasteiger partial charge in [-0.2, -0.15) is 11.8 Å². The van der Waals surface area contributed by atoms with Crippen LogP contribution in [0.25, 0.3) is 0 Å². The van der Waals surface area contributed by atoms with E-state index in [1.165, 1.54) is 0 Å². The van der Waals surface area contributed by atoms with Gasteiger partial charge in [-0.05, 0) is 18.6 Å². The number of hydrogen-bond acceptors (Lipinski definition) is 4. The van der Waals surface area contributed by atoms with Gasteiger partial charge in [-0.3, -0.25) is 4.79 Å². The second-order valence-corrected chi connectivity index (χ2v) is 6.89. The highest BCUT2D eigenvalue weighted by Gasteiger charge is 2.25. The smallest absolute Gasteiger partial charge is 0.228 e. The summed E-state index contributed by atoms with van der Waals surface area (Å²) < 4.78 is 0. The minimum atomic E-state index is 0.248. The maximum atomic E-state index is 12.7. The highest BCUT2D eigenvalue weighted by Crippen LogP contribution is 2.31. The molecule has 2 aliphatic heterocycles. The van der Waals surface area contributed by atoms with E-state index in [1.807, 2.05) is 28.8 Å². The SMILES string of the molecule is CN1CCCN(C(=O)CC2CSCCN2)c2ccccc21. The number of nitrogens with one attached hydrogen (secondary N) is 1. The van der Waals surface area contributed by atoms with Crippen LogP contribution in [0.5, 0.6) is 0 Å². The molecule has 1 unspecified atom stereocenters. The van der Waals surface area contributed by atoms with Gasteiger partial charge in [-0.25, -0.2) is 0 Å². The first-order valence-electron chi connectivity index (χ1n) is 7.67. The van der Waals surface area contributed by atoms with Gasteiger partial charge in [0.25, 0.3) is 0 Å². The number of para-hydroxylation sites is 2. The molecule has 1 atom stereocenters. The fourth-order valence-electron chi connectivity index (χ4n) is 3.05. The number of nitrogens with zero attached hydrogens (tertiary/aromatic N) is 2. The van der Waals surface area contributed by atoms with E-state index < -0.39 is 0 Å². The van der Waals surface area contributed by atoms with Crippen LogP contribution in [0.2, 0.25) is 0 Å². The Morgan fingerprint density at radius 3 is 2.90 bits per heavy atom. The molecule has 1 amide bonds. The fraction of sp³-hybridized carbons (Fsp3) is 0.562. The molecular formula is C16H23N3OS. The Labute approximate surface area is 130 Å². The molecule has 21 heavy (non-hydrogen) atoms. The molecule has 0 aromatic heterocycles. The van der Waals surface area contributed by atoms with Crippen LogP contribution in [-0.4, -0.2) is 50.1 Å². The van der Waals surface area contributed by atoms with Gasteiger partial charge in [0, 0.05) is 50.7 Å². The molecule has 0 radical (unpaired) electrons. The number of hydrogen-bond donors (Lipinski definition) is 1. The quantitative estimate of drug-likeness (QED) is 0.906. The minimum absolute atomic E-state index is 0.248. The number of rotatable bonds is 2. The molecule has 1 N–H and O–H groups in total. The highest BCUT2D eigenvalue weighted by molar-refractivity contribution is 7.99. The molecule has 5 heteroatoms. The zero-order chi connectivity index (χ0) is 14.7. The fourth-order valence-corrected chi connectivity index (χ4v) is 4.00. The molecule has 114 valence electrons. The zero-order valence-electron chi connectivity index (χ0n) is 12.5. The summed E-state index contributed by atoms with van der Waals surface area (Å²) in [6.07, 6.45) is 1.62. The van der Waals surface area contributed by atoms with Crippen LogP contribution in [0.15, 0.2) is 24.3 Å². The molecule has 0 aliphatic carbocycles. The highest BCUT2D eigenvalue weighted by atomic mass is 32.2. The lowest BCUT2D eigenvalue weighted by atomic mass is 10.1. The van der Waals surface area contributed by atoms with Crippen LogP contribution in [0.4, 0.5) is 11.4 Å². The molecular weight excluding hydrogens is 282 g/mol. The number of anilines is 2. The Hall–Kier alpha value is -1.20. The lowest BCUT2D eigenvalue weighted by molar-refractivity contribution is -0.119. The van der Waals surface area contributed by atoms with Crippen molar-refractivity contribution >= 4 is 29.0 Å². The number of benzene rings is 1. The summed E-state index contributed by atoms with van der Waals surface area (Å²) in [5.74, 6) is 2.45. The van der Waals surface area contributed by atoms with Crippen LogP contribution < -0.4 is 15.1 Å². The predicted octanol–water partition coefficient (Wildman–Crippen LogP) is 1.95. The summed E-state index contributed by atoms with van der Waals surface area (Å²) >= 11 is 1.94. The normalized spacial score (nSPS) is 22.6. The van der Waals surface area contributed by atoms with Gasteiger partial charge < -0.3 is 15.1 Å². The number of carbonyl (C=O) groups excluding carboxylic acids is 1. The first kappa shape index (κ1) is 14.7. The number of amides is 1. The van der Waals surface area contributed by atoms with Crippen LogP contribution in [-0.2, 0) is 4.79 Å². The van der Waals surface area contributed by atoms with Crippen molar-refractivity contribution < 1.29 is 4.79 Å². The van der Waals surface area contributed by atoms with Crippen molar-refractivity contribution in [3.8, 4) is 0 Å². The number of carbonyl (C=O) groups is 1. The summed E-state index contributed by atoms with van der Waals surface area (Å²) in [7, 11) is 2.10. The molecule has 3 rings (SSSR count). The van der Waals surface area contributed by atoms with Crippen molar-refractivity contribution in [2.45, 2.75) is 18.9 Å². The first-order valence-corrected chi connectivity index (χ1v) is 8.83. The third kappa shape index (κ3) is 3.35. The van der Waals surface area contributed by atoms with Crippen molar-refractivity contribution in [1.82, 2.24) is 5.32 Å². The molecule has 1 saturated heterocycles. The van der Waals surface area contributed by atoms with Gasteiger partial charge in [0.1, 0.15) is 0 Å². The molecule has 1 aromatic carbocycles. The monoisotopic (exact) mass is 305 g/mol. The maximum absolute atomic E-state index is 12.7. The summed E-state index contributed by atoms with van der Waals surface area (Å²) in [5, 5.41) is 3.46. The topological polar surface area (TPSA) is 35.6 Å². The van der Waals surface area contributed by atoms with Crippen molar-refractivity contribution in [2.75, 3.05) is 48.0 Å². The molecule has 0 bridgehead atoms. The molecule has 1 fully saturated rings. The van der Waals surface area contributed by atoms with Gasteiger partial charge in [-0.15, -0.1) is 0 Å². The Morgan fingerprint density at radius 2 is 2.14 bits per heavy atom. The first-order chi connectivity index (χ1) is 10.3. The summed E-state index contributed by atoms with van der Waals surface area (Å²) in [4.78, 5) is 17.0. The molecule has 4 nitrogen and oxygen atoms in total. The Bertz CT molecular complexity index is 502. The molecule has 2 heterocycles. The Balaban J connectivity index is 1.77. The average Bonchev–Trinajstić information content (AvgIpc) is 2.68. The van der Waals surface area contributed by atoms with E-state index in [9.17, 15) is 4.79 Å². The van der Waals surface area contributed by atoms with E-state index in [0.29, 0.717) is 12.5 Å².